The number of nitro benzene ring substituents is 1. The maximum Gasteiger partial charge on any atom is 0.293 e. The van der Waals surface area contributed by atoms with E-state index in [1.54, 1.807) is 12.1 Å². The zero-order valence-corrected chi connectivity index (χ0v) is 15.6. The van der Waals surface area contributed by atoms with E-state index in [1.165, 1.54) is 6.07 Å². The lowest BCUT2D eigenvalue weighted by Gasteiger charge is -2.18. The number of benzene rings is 2. The van der Waals surface area contributed by atoms with Crippen LogP contribution in [0.15, 0.2) is 42.5 Å². The molecule has 0 saturated carbocycles. The molecule has 7 heteroatoms. The molecule has 0 unspecified atom stereocenters. The number of amides is 1. The normalized spacial score (nSPS) is 13.8. The molecule has 0 atom stereocenters. The van der Waals surface area contributed by atoms with Crippen LogP contribution >= 0.6 is 0 Å². The second kappa shape index (κ2) is 8.18. The van der Waals surface area contributed by atoms with Crippen molar-refractivity contribution in [2.75, 3.05) is 37.4 Å². The molecular weight excluding hydrogens is 344 g/mol. The summed E-state index contributed by atoms with van der Waals surface area (Å²) in [4.78, 5) is 27.8. The Bertz CT molecular complexity index is 845. The van der Waals surface area contributed by atoms with Crippen molar-refractivity contribution in [1.82, 2.24) is 4.90 Å². The molecular formula is C20H24N4O3. The van der Waals surface area contributed by atoms with Gasteiger partial charge in [-0.25, -0.2) is 0 Å². The molecule has 1 fully saturated rings. The molecule has 0 aliphatic carbocycles. The number of nitro groups is 1. The number of para-hydroxylation sites is 1. The van der Waals surface area contributed by atoms with E-state index >= 15 is 0 Å². The Hall–Kier alpha value is -2.93. The van der Waals surface area contributed by atoms with Crippen molar-refractivity contribution in [1.29, 1.82) is 0 Å². The van der Waals surface area contributed by atoms with E-state index in [2.05, 4.69) is 5.32 Å². The first-order valence-electron chi connectivity index (χ1n) is 9.03. The second-order valence-electron chi connectivity index (χ2n) is 7.00. The summed E-state index contributed by atoms with van der Waals surface area (Å²) in [5.74, 6) is -0.350. The molecule has 2 aromatic carbocycles. The van der Waals surface area contributed by atoms with E-state index in [0.717, 1.165) is 31.5 Å². The zero-order chi connectivity index (χ0) is 19.4. The van der Waals surface area contributed by atoms with Crippen LogP contribution in [-0.4, -0.2) is 42.9 Å². The third-order valence-corrected chi connectivity index (χ3v) is 4.63. The van der Waals surface area contributed by atoms with Crippen LogP contribution in [0.5, 0.6) is 0 Å². The summed E-state index contributed by atoms with van der Waals surface area (Å²) in [5, 5.41) is 14.4. The van der Waals surface area contributed by atoms with Crippen LogP contribution in [0.1, 0.15) is 28.8 Å². The highest BCUT2D eigenvalue weighted by atomic mass is 16.6. The highest BCUT2D eigenvalue weighted by molar-refractivity contribution is 6.05. The van der Waals surface area contributed by atoms with Crippen molar-refractivity contribution in [3.8, 4) is 0 Å². The predicted molar refractivity (Wildman–Crippen MR) is 106 cm³/mol. The predicted octanol–water partition coefficient (Wildman–Crippen LogP) is 3.51. The first-order valence-corrected chi connectivity index (χ1v) is 9.03. The first-order chi connectivity index (χ1) is 13.0. The van der Waals surface area contributed by atoms with Crippen LogP contribution in [0, 0.1) is 10.1 Å². The molecule has 1 saturated heterocycles. The highest BCUT2D eigenvalue weighted by Crippen LogP contribution is 2.32. The Labute approximate surface area is 158 Å². The lowest BCUT2D eigenvalue weighted by atomic mass is 10.1. The number of anilines is 2. The largest absolute Gasteiger partial charge is 0.366 e. The molecule has 1 aliphatic heterocycles. The maximum absolute atomic E-state index is 12.7. The third kappa shape index (κ3) is 4.43. The van der Waals surface area contributed by atoms with Crippen molar-refractivity contribution < 1.29 is 9.72 Å². The summed E-state index contributed by atoms with van der Waals surface area (Å²) in [6.07, 6.45) is 2.06. The smallest absolute Gasteiger partial charge is 0.293 e. The van der Waals surface area contributed by atoms with Crippen LogP contribution in [-0.2, 0) is 6.54 Å². The molecule has 0 bridgehead atoms. The number of hydrogen-bond acceptors (Lipinski definition) is 5. The number of hydrogen-bond donors (Lipinski definition) is 1. The molecule has 1 N–H and O–H groups in total. The van der Waals surface area contributed by atoms with E-state index in [9.17, 15) is 14.9 Å². The van der Waals surface area contributed by atoms with Crippen molar-refractivity contribution in [2.24, 2.45) is 0 Å². The summed E-state index contributed by atoms with van der Waals surface area (Å²) in [6, 6.07) is 12.3. The maximum atomic E-state index is 12.7. The number of nitrogens with zero attached hydrogens (tertiary/aromatic N) is 3. The summed E-state index contributed by atoms with van der Waals surface area (Å²) in [6.45, 7) is 2.30. The monoisotopic (exact) mass is 368 g/mol. The molecule has 1 heterocycles. The van der Waals surface area contributed by atoms with Gasteiger partial charge in [0.15, 0.2) is 0 Å². The van der Waals surface area contributed by atoms with Gasteiger partial charge < -0.3 is 15.1 Å². The van der Waals surface area contributed by atoms with Gasteiger partial charge in [-0.05, 0) is 50.7 Å². The molecule has 2 aromatic rings. The molecule has 1 aliphatic rings. The summed E-state index contributed by atoms with van der Waals surface area (Å²) in [5.41, 5.74) is 2.54. The fourth-order valence-corrected chi connectivity index (χ4v) is 3.35. The zero-order valence-electron chi connectivity index (χ0n) is 15.6. The summed E-state index contributed by atoms with van der Waals surface area (Å²) >= 11 is 0. The van der Waals surface area contributed by atoms with Crippen LogP contribution in [0.25, 0.3) is 0 Å². The first kappa shape index (κ1) is 18.8. The number of nitrogens with one attached hydrogen (secondary N) is 1. The van der Waals surface area contributed by atoms with Gasteiger partial charge in [-0.15, -0.1) is 0 Å². The Morgan fingerprint density at radius 1 is 1.19 bits per heavy atom. The van der Waals surface area contributed by atoms with E-state index in [0.29, 0.717) is 17.9 Å². The van der Waals surface area contributed by atoms with E-state index in [4.69, 9.17) is 0 Å². The van der Waals surface area contributed by atoms with Crippen molar-refractivity contribution in [3.05, 3.63) is 63.7 Å². The van der Waals surface area contributed by atoms with Gasteiger partial charge in [0.2, 0.25) is 0 Å². The topological polar surface area (TPSA) is 78.7 Å². The highest BCUT2D eigenvalue weighted by Gasteiger charge is 2.24. The van der Waals surface area contributed by atoms with Crippen LogP contribution in [0.4, 0.5) is 17.1 Å². The van der Waals surface area contributed by atoms with Gasteiger partial charge in [-0.3, -0.25) is 14.9 Å². The number of carbonyl (C=O) groups is 1. The lowest BCUT2D eigenvalue weighted by Crippen LogP contribution is -2.20. The Morgan fingerprint density at radius 3 is 2.56 bits per heavy atom. The van der Waals surface area contributed by atoms with Gasteiger partial charge in [0, 0.05) is 37.0 Å². The van der Waals surface area contributed by atoms with E-state index in [-0.39, 0.29) is 17.2 Å². The molecule has 0 spiro atoms. The average molecular weight is 368 g/mol. The average Bonchev–Trinajstić information content (AvgIpc) is 3.17. The van der Waals surface area contributed by atoms with Crippen LogP contribution < -0.4 is 10.2 Å². The van der Waals surface area contributed by atoms with Crippen LogP contribution in [0.3, 0.4) is 0 Å². The molecule has 1 amide bonds. The van der Waals surface area contributed by atoms with E-state index < -0.39 is 4.92 Å². The molecule has 0 aromatic heterocycles. The molecule has 7 nitrogen and oxygen atoms in total. The molecule has 3 rings (SSSR count). The Morgan fingerprint density at radius 2 is 1.89 bits per heavy atom. The number of carbonyl (C=O) groups excluding carboxylic acids is 1. The van der Waals surface area contributed by atoms with Crippen molar-refractivity contribution in [2.45, 2.75) is 19.4 Å². The summed E-state index contributed by atoms with van der Waals surface area (Å²) < 4.78 is 0. The van der Waals surface area contributed by atoms with Crippen LogP contribution in [0.2, 0.25) is 0 Å². The van der Waals surface area contributed by atoms with Gasteiger partial charge in [0.25, 0.3) is 11.6 Å². The van der Waals surface area contributed by atoms with Gasteiger partial charge in [0.1, 0.15) is 5.69 Å². The third-order valence-electron chi connectivity index (χ3n) is 4.63. The van der Waals surface area contributed by atoms with Gasteiger partial charge in [-0.1, -0.05) is 18.2 Å². The summed E-state index contributed by atoms with van der Waals surface area (Å²) in [7, 11) is 3.91. The lowest BCUT2D eigenvalue weighted by molar-refractivity contribution is -0.384. The molecule has 27 heavy (non-hydrogen) atoms. The molecule has 0 radical (unpaired) electrons. The Balaban J connectivity index is 1.85. The second-order valence-corrected chi connectivity index (χ2v) is 7.00. The minimum Gasteiger partial charge on any atom is -0.366 e. The molecule has 142 valence electrons. The van der Waals surface area contributed by atoms with Gasteiger partial charge >= 0.3 is 0 Å². The van der Waals surface area contributed by atoms with Gasteiger partial charge in [-0.2, -0.15) is 0 Å². The standard InChI is InChI=1S/C20H24N4O3/c1-22(2)14-16-7-3-4-8-17(16)21-20(25)15-9-10-18(19(13-15)24(26)27)23-11-5-6-12-23/h3-4,7-10,13H,5-6,11-12,14H2,1-2H3,(H,21,25). The fourth-order valence-electron chi connectivity index (χ4n) is 3.35. The number of rotatable bonds is 6. The minimum absolute atomic E-state index is 0.0221. The quantitative estimate of drug-likeness (QED) is 0.623. The Kier molecular flexibility index (Phi) is 5.71. The SMILES string of the molecule is CN(C)Cc1ccccc1NC(=O)c1ccc(N2CCCC2)c([N+](=O)[O-])c1. The van der Waals surface area contributed by atoms with E-state index in [1.807, 2.05) is 48.2 Å². The minimum atomic E-state index is -0.412. The van der Waals surface area contributed by atoms with Gasteiger partial charge in [0.05, 0.1) is 4.92 Å². The fraction of sp³-hybridized carbons (Fsp3) is 0.350. The van der Waals surface area contributed by atoms with Crippen molar-refractivity contribution >= 4 is 23.0 Å². The van der Waals surface area contributed by atoms with Crippen molar-refractivity contribution in [3.63, 3.8) is 0 Å².